The molecule has 9 aromatic carbocycles. The zero-order valence-electron chi connectivity index (χ0n) is 31.9. The second-order valence-electron chi connectivity index (χ2n) is 16.8. The molecule has 0 unspecified atom stereocenters. The van der Waals surface area contributed by atoms with E-state index in [-0.39, 0.29) is 10.8 Å². The van der Waals surface area contributed by atoms with Gasteiger partial charge in [-0.05, 0) is 109 Å². The SMILES string of the molecule is CC1(C)c2ccccc2-c2ccc(N(c3ccc(-c4ccc5c6ccccc6c6cccc7oc4c5c76)cc3)c3cccc4c3-c3ccccc3C4(C)C)cc21. The van der Waals surface area contributed by atoms with E-state index in [1.165, 1.54) is 82.5 Å². The van der Waals surface area contributed by atoms with Crippen LogP contribution in [-0.4, -0.2) is 0 Å². The molecule has 266 valence electrons. The molecule has 1 heterocycles. The number of hydrogen-bond donors (Lipinski definition) is 0. The van der Waals surface area contributed by atoms with Crippen LogP contribution in [0.2, 0.25) is 0 Å². The number of rotatable bonds is 4. The van der Waals surface area contributed by atoms with Gasteiger partial charge >= 0.3 is 0 Å². The van der Waals surface area contributed by atoms with Crippen molar-refractivity contribution in [1.29, 1.82) is 0 Å². The summed E-state index contributed by atoms with van der Waals surface area (Å²) in [4.78, 5) is 2.49. The predicted octanol–water partition coefficient (Wildman–Crippen LogP) is 15.1. The van der Waals surface area contributed by atoms with Gasteiger partial charge in [0.2, 0.25) is 0 Å². The molecule has 0 N–H and O–H groups in total. The average Bonchev–Trinajstić information content (AvgIpc) is 3.82. The van der Waals surface area contributed by atoms with Crippen LogP contribution in [0.1, 0.15) is 49.9 Å². The number of fused-ring (bicyclic) bond motifs is 9. The summed E-state index contributed by atoms with van der Waals surface area (Å²) >= 11 is 0. The van der Waals surface area contributed by atoms with Crippen molar-refractivity contribution in [2.45, 2.75) is 38.5 Å². The van der Waals surface area contributed by atoms with E-state index in [4.69, 9.17) is 4.42 Å². The second kappa shape index (κ2) is 11.0. The van der Waals surface area contributed by atoms with Gasteiger partial charge in [0.15, 0.2) is 0 Å². The van der Waals surface area contributed by atoms with Crippen molar-refractivity contribution in [3.8, 4) is 33.4 Å². The number of benzene rings is 9. The first-order valence-corrected chi connectivity index (χ1v) is 19.8. The Hall–Kier alpha value is -6.64. The van der Waals surface area contributed by atoms with E-state index < -0.39 is 0 Å². The smallest absolute Gasteiger partial charge is 0.143 e. The summed E-state index contributed by atoms with van der Waals surface area (Å²) < 4.78 is 6.77. The minimum Gasteiger partial charge on any atom is -0.455 e. The monoisotopic (exact) mass is 717 g/mol. The van der Waals surface area contributed by atoms with Crippen molar-refractivity contribution < 1.29 is 4.42 Å². The van der Waals surface area contributed by atoms with Gasteiger partial charge in [0.25, 0.3) is 0 Å². The van der Waals surface area contributed by atoms with Gasteiger partial charge in [-0.2, -0.15) is 0 Å². The Morgan fingerprint density at radius 1 is 0.411 bits per heavy atom. The maximum absolute atomic E-state index is 6.77. The van der Waals surface area contributed by atoms with Gasteiger partial charge < -0.3 is 9.32 Å². The van der Waals surface area contributed by atoms with E-state index in [0.29, 0.717) is 0 Å². The van der Waals surface area contributed by atoms with Crippen molar-refractivity contribution in [3.05, 3.63) is 186 Å². The first-order chi connectivity index (χ1) is 27.3. The summed E-state index contributed by atoms with van der Waals surface area (Å²) in [6, 6.07) is 60.7. The lowest BCUT2D eigenvalue weighted by Gasteiger charge is -2.30. The molecule has 0 bridgehead atoms. The van der Waals surface area contributed by atoms with E-state index >= 15 is 0 Å². The molecular weight excluding hydrogens is 679 g/mol. The number of anilines is 3. The zero-order chi connectivity index (χ0) is 37.5. The first-order valence-electron chi connectivity index (χ1n) is 19.8. The van der Waals surface area contributed by atoms with Crippen LogP contribution in [0.3, 0.4) is 0 Å². The van der Waals surface area contributed by atoms with E-state index in [0.717, 1.165) is 33.7 Å². The summed E-state index contributed by atoms with van der Waals surface area (Å²) in [5.41, 5.74) is 18.2. The maximum Gasteiger partial charge on any atom is 0.143 e. The number of hydrogen-bond acceptors (Lipinski definition) is 2. The molecule has 2 nitrogen and oxygen atoms in total. The van der Waals surface area contributed by atoms with E-state index in [1.807, 2.05) is 0 Å². The van der Waals surface area contributed by atoms with Crippen molar-refractivity contribution in [1.82, 2.24) is 0 Å². The van der Waals surface area contributed by atoms with Gasteiger partial charge in [-0.3, -0.25) is 0 Å². The van der Waals surface area contributed by atoms with Crippen LogP contribution in [0.25, 0.3) is 76.9 Å². The summed E-state index contributed by atoms with van der Waals surface area (Å²) in [6.07, 6.45) is 0. The van der Waals surface area contributed by atoms with Gasteiger partial charge in [-0.1, -0.05) is 149 Å². The van der Waals surface area contributed by atoms with E-state index in [9.17, 15) is 0 Å². The van der Waals surface area contributed by atoms with Crippen LogP contribution in [0.4, 0.5) is 17.1 Å². The molecule has 1 aromatic heterocycles. The molecule has 0 fully saturated rings. The van der Waals surface area contributed by atoms with Crippen LogP contribution in [0.5, 0.6) is 0 Å². The molecule has 0 atom stereocenters. The van der Waals surface area contributed by atoms with Crippen LogP contribution < -0.4 is 4.90 Å². The fourth-order valence-electron chi connectivity index (χ4n) is 10.5. The van der Waals surface area contributed by atoms with Crippen molar-refractivity contribution in [3.63, 3.8) is 0 Å². The highest BCUT2D eigenvalue weighted by Gasteiger charge is 2.39. The fraction of sp³-hybridized carbons (Fsp3) is 0.111. The molecule has 2 heteroatoms. The lowest BCUT2D eigenvalue weighted by molar-refractivity contribution is 0.660. The maximum atomic E-state index is 6.77. The van der Waals surface area contributed by atoms with Crippen LogP contribution in [0, 0.1) is 0 Å². The molecule has 10 aromatic rings. The van der Waals surface area contributed by atoms with Crippen LogP contribution in [-0.2, 0) is 10.8 Å². The van der Waals surface area contributed by atoms with E-state index in [1.54, 1.807) is 0 Å². The molecule has 12 rings (SSSR count). The topological polar surface area (TPSA) is 16.4 Å². The average molecular weight is 718 g/mol. The standard InChI is InChI=1S/C54H39NO/c1-53(2)44-19-10-8-16-42(44)49-45(53)20-12-21-47(49)55(34-27-28-39-38-15-7-9-18-43(38)54(3,4)46(39)31-34)33-25-23-32(24-26-33)35-29-30-41-37-14-6-5-13-36(37)40-17-11-22-48-50(40)51(41)52(35)56-48/h5-31H,1-4H3. The summed E-state index contributed by atoms with van der Waals surface area (Å²) in [5, 5.41) is 7.43. The van der Waals surface area contributed by atoms with Gasteiger partial charge in [-0.25, -0.2) is 0 Å². The Kier molecular flexibility index (Phi) is 6.22. The van der Waals surface area contributed by atoms with Gasteiger partial charge in [0.1, 0.15) is 11.2 Å². The Morgan fingerprint density at radius 2 is 0.982 bits per heavy atom. The lowest BCUT2D eigenvalue weighted by atomic mass is 9.82. The Balaban J connectivity index is 1.06. The van der Waals surface area contributed by atoms with Crippen molar-refractivity contribution in [2.24, 2.45) is 0 Å². The van der Waals surface area contributed by atoms with Crippen LogP contribution >= 0.6 is 0 Å². The minimum atomic E-state index is -0.113. The first kappa shape index (κ1) is 31.7. The third kappa shape index (κ3) is 4.06. The quantitative estimate of drug-likeness (QED) is 0.169. The van der Waals surface area contributed by atoms with Gasteiger partial charge in [0.05, 0.1) is 5.69 Å². The second-order valence-corrected chi connectivity index (χ2v) is 16.8. The Bertz CT molecular complexity index is 3250. The molecule has 2 aliphatic rings. The van der Waals surface area contributed by atoms with Crippen molar-refractivity contribution >= 4 is 60.5 Å². The lowest BCUT2D eigenvalue weighted by Crippen LogP contribution is -2.17. The molecule has 0 amide bonds. The highest BCUT2D eigenvalue weighted by molar-refractivity contribution is 6.34. The molecule has 56 heavy (non-hydrogen) atoms. The molecule has 0 radical (unpaired) electrons. The Morgan fingerprint density at radius 3 is 1.77 bits per heavy atom. The third-order valence-corrected chi connectivity index (χ3v) is 13.2. The van der Waals surface area contributed by atoms with Gasteiger partial charge in [-0.15, -0.1) is 0 Å². The molecule has 0 saturated heterocycles. The summed E-state index contributed by atoms with van der Waals surface area (Å²) in [5.74, 6) is 0. The largest absolute Gasteiger partial charge is 0.455 e. The predicted molar refractivity (Wildman–Crippen MR) is 235 cm³/mol. The molecule has 0 spiro atoms. The van der Waals surface area contributed by atoms with Crippen molar-refractivity contribution in [2.75, 3.05) is 4.90 Å². The summed E-state index contributed by atoms with van der Waals surface area (Å²) in [7, 11) is 0. The minimum absolute atomic E-state index is 0.105. The van der Waals surface area contributed by atoms with Gasteiger partial charge in [0, 0.05) is 44.1 Å². The summed E-state index contributed by atoms with van der Waals surface area (Å²) in [6.45, 7) is 9.45. The Labute approximate surface area is 326 Å². The van der Waals surface area contributed by atoms with Crippen LogP contribution in [0.15, 0.2) is 168 Å². The third-order valence-electron chi connectivity index (χ3n) is 13.2. The number of furan rings is 1. The fourth-order valence-corrected chi connectivity index (χ4v) is 10.5. The normalized spacial score (nSPS) is 14.7. The molecule has 0 aliphatic heterocycles. The molecule has 0 saturated carbocycles. The number of nitrogens with zero attached hydrogens (tertiary/aromatic N) is 1. The molecule has 2 aliphatic carbocycles. The molecular formula is C54H39NO. The highest BCUT2D eigenvalue weighted by Crippen LogP contribution is 2.56. The zero-order valence-corrected chi connectivity index (χ0v) is 31.9. The van der Waals surface area contributed by atoms with E-state index in [2.05, 4.69) is 196 Å². The highest BCUT2D eigenvalue weighted by atomic mass is 16.3.